The van der Waals surface area contributed by atoms with Gasteiger partial charge in [0.25, 0.3) is 0 Å². The van der Waals surface area contributed by atoms with Gasteiger partial charge in [0, 0.05) is 30.5 Å². The molecule has 3 nitrogen and oxygen atoms in total. The Morgan fingerprint density at radius 2 is 2.00 bits per heavy atom. The molecule has 1 aromatic heterocycles. The maximum Gasteiger partial charge on any atom is 0.0404 e. The fraction of sp³-hybridized carbons (Fsp3) is 0.643. The molecule has 0 aromatic carbocycles. The van der Waals surface area contributed by atoms with Gasteiger partial charge in [-0.1, -0.05) is 19.9 Å². The third kappa shape index (κ3) is 7.08. The number of hydrogen-bond acceptors (Lipinski definition) is 3. The van der Waals surface area contributed by atoms with Crippen LogP contribution in [0.25, 0.3) is 0 Å². The molecule has 96 valence electrons. The third-order valence-corrected chi connectivity index (χ3v) is 2.66. The van der Waals surface area contributed by atoms with Crippen LogP contribution in [0.5, 0.6) is 0 Å². The predicted octanol–water partition coefficient (Wildman–Crippen LogP) is 1.99. The Bertz CT molecular complexity index is 285. The van der Waals surface area contributed by atoms with Gasteiger partial charge >= 0.3 is 0 Å². The second-order valence-corrected chi connectivity index (χ2v) is 4.84. The molecule has 0 fully saturated rings. The van der Waals surface area contributed by atoms with E-state index >= 15 is 0 Å². The largest absolute Gasteiger partial charge is 0.313 e. The molecule has 1 rings (SSSR count). The topological polar surface area (TPSA) is 37.0 Å². The number of nitrogens with one attached hydrogen (secondary N) is 2. The molecule has 1 atom stereocenters. The van der Waals surface area contributed by atoms with Crippen LogP contribution >= 0.6 is 0 Å². The molecule has 0 spiro atoms. The van der Waals surface area contributed by atoms with E-state index in [1.54, 1.807) is 0 Å². The minimum atomic E-state index is 0.529. The quantitative estimate of drug-likeness (QED) is 0.677. The van der Waals surface area contributed by atoms with Crippen molar-refractivity contribution < 1.29 is 0 Å². The number of hydrogen-bond donors (Lipinski definition) is 2. The Morgan fingerprint density at radius 3 is 2.65 bits per heavy atom. The lowest BCUT2D eigenvalue weighted by Gasteiger charge is -2.16. The highest BCUT2D eigenvalue weighted by Crippen LogP contribution is 1.97. The molecule has 0 aliphatic carbocycles. The summed E-state index contributed by atoms with van der Waals surface area (Å²) in [4.78, 5) is 4.31. The van der Waals surface area contributed by atoms with Gasteiger partial charge in [-0.3, -0.25) is 4.98 Å². The number of rotatable bonds is 8. The van der Waals surface area contributed by atoms with Crippen molar-refractivity contribution in [3.63, 3.8) is 0 Å². The summed E-state index contributed by atoms with van der Waals surface area (Å²) < 4.78 is 0. The van der Waals surface area contributed by atoms with Crippen molar-refractivity contribution in [2.45, 2.75) is 45.7 Å². The van der Waals surface area contributed by atoms with Crippen LogP contribution in [0.4, 0.5) is 0 Å². The number of aryl methyl sites for hydroxylation is 1. The Labute approximate surface area is 105 Å². The maximum absolute atomic E-state index is 4.31. The molecule has 1 unspecified atom stereocenters. The van der Waals surface area contributed by atoms with Crippen LogP contribution in [0.2, 0.25) is 0 Å². The van der Waals surface area contributed by atoms with E-state index in [1.807, 2.05) is 18.3 Å². The summed E-state index contributed by atoms with van der Waals surface area (Å²) in [6.45, 7) is 8.65. The zero-order chi connectivity index (χ0) is 12.5. The van der Waals surface area contributed by atoms with E-state index in [0.717, 1.165) is 25.9 Å². The van der Waals surface area contributed by atoms with Gasteiger partial charge in [0.1, 0.15) is 0 Å². The van der Waals surface area contributed by atoms with Crippen LogP contribution < -0.4 is 10.6 Å². The average Bonchev–Trinajstić information content (AvgIpc) is 2.33. The van der Waals surface area contributed by atoms with Gasteiger partial charge < -0.3 is 10.6 Å². The zero-order valence-corrected chi connectivity index (χ0v) is 11.2. The minimum Gasteiger partial charge on any atom is -0.313 e. The van der Waals surface area contributed by atoms with Gasteiger partial charge in [0.05, 0.1) is 0 Å². The lowest BCUT2D eigenvalue weighted by molar-refractivity contribution is 0.470. The van der Waals surface area contributed by atoms with Crippen molar-refractivity contribution in [3.05, 3.63) is 30.1 Å². The van der Waals surface area contributed by atoms with E-state index in [4.69, 9.17) is 0 Å². The summed E-state index contributed by atoms with van der Waals surface area (Å²) in [6, 6.07) is 7.18. The van der Waals surface area contributed by atoms with Gasteiger partial charge in [0.15, 0.2) is 0 Å². The smallest absolute Gasteiger partial charge is 0.0404 e. The second kappa shape index (κ2) is 8.20. The monoisotopic (exact) mass is 235 g/mol. The molecule has 0 saturated carbocycles. The first-order valence-electron chi connectivity index (χ1n) is 6.55. The van der Waals surface area contributed by atoms with Crippen LogP contribution in [-0.4, -0.2) is 30.2 Å². The molecule has 0 radical (unpaired) electrons. The summed E-state index contributed by atoms with van der Waals surface area (Å²) in [6.07, 6.45) is 4.05. The van der Waals surface area contributed by atoms with Crippen molar-refractivity contribution in [2.24, 2.45) is 0 Å². The lowest BCUT2D eigenvalue weighted by atomic mass is 10.2. The normalized spacial score (nSPS) is 12.9. The molecule has 0 aliphatic heterocycles. The van der Waals surface area contributed by atoms with E-state index in [1.165, 1.54) is 5.69 Å². The van der Waals surface area contributed by atoms with Gasteiger partial charge in [-0.2, -0.15) is 0 Å². The van der Waals surface area contributed by atoms with E-state index in [-0.39, 0.29) is 0 Å². The summed E-state index contributed by atoms with van der Waals surface area (Å²) in [5, 5.41) is 6.95. The highest BCUT2D eigenvalue weighted by Gasteiger charge is 2.01. The summed E-state index contributed by atoms with van der Waals surface area (Å²) in [5.41, 5.74) is 1.18. The summed E-state index contributed by atoms with van der Waals surface area (Å²) in [7, 11) is 0. The van der Waals surface area contributed by atoms with E-state index in [9.17, 15) is 0 Å². The van der Waals surface area contributed by atoms with Gasteiger partial charge in [-0.05, 0) is 38.4 Å². The Morgan fingerprint density at radius 1 is 1.18 bits per heavy atom. The lowest BCUT2D eigenvalue weighted by Crippen LogP contribution is -2.39. The first kappa shape index (κ1) is 14.1. The van der Waals surface area contributed by atoms with E-state index in [2.05, 4.69) is 42.5 Å². The Hall–Kier alpha value is -0.930. The average molecular weight is 235 g/mol. The molecule has 0 saturated heterocycles. The highest BCUT2D eigenvalue weighted by molar-refractivity contribution is 5.03. The second-order valence-electron chi connectivity index (χ2n) is 4.84. The van der Waals surface area contributed by atoms with Crippen LogP contribution in [0.1, 0.15) is 32.9 Å². The Kier molecular flexibility index (Phi) is 6.82. The van der Waals surface area contributed by atoms with Crippen molar-refractivity contribution >= 4 is 0 Å². The van der Waals surface area contributed by atoms with E-state index in [0.29, 0.717) is 12.1 Å². The standard InChI is InChI=1S/C14H25N3/c1-12(2)17-11-13(3)15-10-6-8-14-7-4-5-9-16-14/h4-5,7,9,12-13,15,17H,6,8,10-11H2,1-3H3. The molecule has 0 amide bonds. The maximum atomic E-state index is 4.31. The third-order valence-electron chi connectivity index (χ3n) is 2.66. The van der Waals surface area contributed by atoms with Crippen LogP contribution in [-0.2, 0) is 6.42 Å². The Balaban J connectivity index is 2.04. The van der Waals surface area contributed by atoms with E-state index < -0.39 is 0 Å². The van der Waals surface area contributed by atoms with Crippen LogP contribution in [0.15, 0.2) is 24.4 Å². The molecular weight excluding hydrogens is 210 g/mol. The fourth-order valence-electron chi connectivity index (χ4n) is 1.65. The van der Waals surface area contributed by atoms with Gasteiger partial charge in [-0.25, -0.2) is 0 Å². The molecule has 1 aromatic rings. The van der Waals surface area contributed by atoms with Crippen molar-refractivity contribution in [2.75, 3.05) is 13.1 Å². The van der Waals surface area contributed by atoms with Crippen molar-refractivity contribution in [3.8, 4) is 0 Å². The fourth-order valence-corrected chi connectivity index (χ4v) is 1.65. The number of aromatic nitrogens is 1. The molecule has 0 bridgehead atoms. The van der Waals surface area contributed by atoms with Crippen molar-refractivity contribution in [1.82, 2.24) is 15.6 Å². The SMILES string of the molecule is CC(C)NCC(C)NCCCc1ccccn1. The molecule has 3 heteroatoms. The minimum absolute atomic E-state index is 0.529. The van der Waals surface area contributed by atoms with Gasteiger partial charge in [-0.15, -0.1) is 0 Å². The van der Waals surface area contributed by atoms with Crippen molar-refractivity contribution in [1.29, 1.82) is 0 Å². The van der Waals surface area contributed by atoms with Crippen LogP contribution in [0, 0.1) is 0 Å². The predicted molar refractivity (Wildman–Crippen MR) is 73.2 cm³/mol. The number of nitrogens with zero attached hydrogens (tertiary/aromatic N) is 1. The zero-order valence-electron chi connectivity index (χ0n) is 11.2. The highest BCUT2D eigenvalue weighted by atomic mass is 15.0. The molecular formula is C14H25N3. The first-order chi connectivity index (χ1) is 8.18. The molecule has 0 aliphatic rings. The summed E-state index contributed by atoms with van der Waals surface area (Å²) in [5.74, 6) is 0. The molecule has 1 heterocycles. The molecule has 17 heavy (non-hydrogen) atoms. The molecule has 2 N–H and O–H groups in total. The first-order valence-corrected chi connectivity index (χ1v) is 6.55. The van der Waals surface area contributed by atoms with Crippen LogP contribution in [0.3, 0.4) is 0 Å². The van der Waals surface area contributed by atoms with Gasteiger partial charge in [0.2, 0.25) is 0 Å². The number of pyridine rings is 1. The summed E-state index contributed by atoms with van der Waals surface area (Å²) >= 11 is 0.